The summed E-state index contributed by atoms with van der Waals surface area (Å²) in [6.07, 6.45) is 6.96. The molecule has 1 amide bonds. The summed E-state index contributed by atoms with van der Waals surface area (Å²) in [4.78, 5) is 12.7. The number of anilines is 1. The fraction of sp³-hybridized carbons (Fsp3) is 0.179. The smallest absolute Gasteiger partial charge is 0.248 e. The lowest BCUT2D eigenvalue weighted by Gasteiger charge is -2.13. The summed E-state index contributed by atoms with van der Waals surface area (Å²) in [7, 11) is 7.86. The molecule has 182 valence electrons. The first-order chi connectivity index (χ1) is 17.0. The number of amides is 1. The number of para-hydroxylation sites is 1. The molecule has 3 aromatic carbocycles. The first-order valence-electron chi connectivity index (χ1n) is 10.8. The molecule has 0 aromatic heterocycles. The molecular formula is C28H29NO6. The largest absolute Gasteiger partial charge is 0.497 e. The molecule has 0 heterocycles. The number of hydrogen-bond donors (Lipinski definition) is 1. The zero-order valence-corrected chi connectivity index (χ0v) is 20.5. The minimum absolute atomic E-state index is 0.292. The van der Waals surface area contributed by atoms with Gasteiger partial charge in [-0.2, -0.15) is 0 Å². The van der Waals surface area contributed by atoms with Crippen molar-refractivity contribution in [1.29, 1.82) is 0 Å². The normalized spacial score (nSPS) is 10.9. The van der Waals surface area contributed by atoms with E-state index in [1.54, 1.807) is 47.7 Å². The second-order valence-corrected chi connectivity index (χ2v) is 7.32. The van der Waals surface area contributed by atoms with Gasteiger partial charge in [0.1, 0.15) is 11.5 Å². The fourth-order valence-corrected chi connectivity index (χ4v) is 3.46. The van der Waals surface area contributed by atoms with Crippen LogP contribution in [0.4, 0.5) is 5.69 Å². The average Bonchev–Trinajstić information content (AvgIpc) is 2.90. The third-order valence-electron chi connectivity index (χ3n) is 5.19. The molecule has 1 N–H and O–H groups in total. The summed E-state index contributed by atoms with van der Waals surface area (Å²) in [6, 6.07) is 16.7. The minimum atomic E-state index is -0.292. The van der Waals surface area contributed by atoms with Gasteiger partial charge in [-0.3, -0.25) is 4.79 Å². The SMILES string of the molecule is COc1cccc(/C=C/C(=O)Nc2c(/C=C/c3cc(OC)c(OC)c(OC)c3)cccc2OC)c1. The molecule has 7 nitrogen and oxygen atoms in total. The van der Waals surface area contributed by atoms with E-state index in [-0.39, 0.29) is 5.91 Å². The highest BCUT2D eigenvalue weighted by Gasteiger charge is 2.13. The Labute approximate surface area is 205 Å². The Hall–Kier alpha value is -4.39. The second-order valence-electron chi connectivity index (χ2n) is 7.32. The van der Waals surface area contributed by atoms with Crippen LogP contribution in [0.2, 0.25) is 0 Å². The van der Waals surface area contributed by atoms with Crippen LogP contribution in [0.3, 0.4) is 0 Å². The highest BCUT2D eigenvalue weighted by Crippen LogP contribution is 2.39. The number of methoxy groups -OCH3 is 5. The molecule has 0 spiro atoms. The molecule has 0 aliphatic carbocycles. The number of hydrogen-bond acceptors (Lipinski definition) is 6. The summed E-state index contributed by atoms with van der Waals surface area (Å²) in [5, 5.41) is 2.93. The number of benzene rings is 3. The fourth-order valence-electron chi connectivity index (χ4n) is 3.46. The van der Waals surface area contributed by atoms with Crippen molar-refractivity contribution in [3.63, 3.8) is 0 Å². The molecule has 0 unspecified atom stereocenters. The number of carbonyl (C=O) groups is 1. The standard InChI is InChI=1S/C28H29NO6/c1-31-22-10-6-8-19(16-22)13-15-26(30)29-27-21(9-7-11-23(27)32-2)14-12-20-17-24(33-3)28(35-5)25(18-20)34-4/h6-18H,1-5H3,(H,29,30)/b14-12+,15-13+. The van der Waals surface area contributed by atoms with E-state index >= 15 is 0 Å². The highest BCUT2D eigenvalue weighted by atomic mass is 16.5. The minimum Gasteiger partial charge on any atom is -0.497 e. The third-order valence-corrected chi connectivity index (χ3v) is 5.19. The van der Waals surface area contributed by atoms with Crippen molar-refractivity contribution in [3.8, 4) is 28.7 Å². The van der Waals surface area contributed by atoms with E-state index in [0.717, 1.165) is 22.4 Å². The zero-order chi connectivity index (χ0) is 25.2. The Bertz CT molecular complexity index is 1210. The monoisotopic (exact) mass is 475 g/mol. The van der Waals surface area contributed by atoms with Crippen molar-refractivity contribution >= 4 is 29.8 Å². The highest BCUT2D eigenvalue weighted by molar-refractivity contribution is 6.04. The Balaban J connectivity index is 1.88. The Morgan fingerprint density at radius 1 is 0.686 bits per heavy atom. The van der Waals surface area contributed by atoms with Crippen molar-refractivity contribution in [2.24, 2.45) is 0 Å². The van der Waals surface area contributed by atoms with Gasteiger partial charge >= 0.3 is 0 Å². The maximum Gasteiger partial charge on any atom is 0.248 e. The Kier molecular flexibility index (Phi) is 8.78. The van der Waals surface area contributed by atoms with E-state index < -0.39 is 0 Å². The summed E-state index contributed by atoms with van der Waals surface area (Å²) >= 11 is 0. The van der Waals surface area contributed by atoms with Gasteiger partial charge in [0, 0.05) is 11.6 Å². The first kappa shape index (κ1) is 25.2. The lowest BCUT2D eigenvalue weighted by atomic mass is 10.1. The van der Waals surface area contributed by atoms with Crippen molar-refractivity contribution < 1.29 is 28.5 Å². The molecule has 0 fully saturated rings. The maximum absolute atomic E-state index is 12.7. The van der Waals surface area contributed by atoms with Gasteiger partial charge in [-0.1, -0.05) is 36.4 Å². The molecule has 0 saturated heterocycles. The predicted octanol–water partition coefficient (Wildman–Crippen LogP) is 5.55. The predicted molar refractivity (Wildman–Crippen MR) is 139 cm³/mol. The van der Waals surface area contributed by atoms with Gasteiger partial charge in [-0.15, -0.1) is 0 Å². The molecule has 0 aliphatic heterocycles. The average molecular weight is 476 g/mol. The lowest BCUT2D eigenvalue weighted by Crippen LogP contribution is -2.10. The molecule has 0 bridgehead atoms. The van der Waals surface area contributed by atoms with Crippen LogP contribution in [0.15, 0.2) is 60.7 Å². The Morgan fingerprint density at radius 3 is 2.00 bits per heavy atom. The van der Waals surface area contributed by atoms with Crippen LogP contribution in [0.1, 0.15) is 16.7 Å². The molecule has 0 atom stereocenters. The van der Waals surface area contributed by atoms with Gasteiger partial charge in [0.2, 0.25) is 11.7 Å². The van der Waals surface area contributed by atoms with Crippen LogP contribution in [0.25, 0.3) is 18.2 Å². The number of ether oxygens (including phenoxy) is 5. The van der Waals surface area contributed by atoms with E-state index in [9.17, 15) is 4.79 Å². The van der Waals surface area contributed by atoms with Gasteiger partial charge in [0.05, 0.1) is 41.2 Å². The molecule has 0 radical (unpaired) electrons. The molecule has 3 rings (SSSR count). The van der Waals surface area contributed by atoms with E-state index in [1.165, 1.54) is 6.08 Å². The van der Waals surface area contributed by atoms with E-state index in [2.05, 4.69) is 5.32 Å². The molecule has 0 saturated carbocycles. The van der Waals surface area contributed by atoms with Gasteiger partial charge in [0.15, 0.2) is 11.5 Å². The van der Waals surface area contributed by atoms with Crippen LogP contribution in [0, 0.1) is 0 Å². The van der Waals surface area contributed by atoms with Crippen LogP contribution in [0.5, 0.6) is 28.7 Å². The van der Waals surface area contributed by atoms with Crippen LogP contribution < -0.4 is 29.0 Å². The van der Waals surface area contributed by atoms with Crippen molar-refractivity contribution in [1.82, 2.24) is 0 Å². The van der Waals surface area contributed by atoms with Gasteiger partial charge in [-0.05, 0) is 47.5 Å². The molecule has 0 aliphatic rings. The van der Waals surface area contributed by atoms with E-state index in [1.807, 2.05) is 60.7 Å². The van der Waals surface area contributed by atoms with Crippen LogP contribution in [-0.4, -0.2) is 41.5 Å². The van der Waals surface area contributed by atoms with Crippen LogP contribution >= 0.6 is 0 Å². The van der Waals surface area contributed by atoms with Gasteiger partial charge in [-0.25, -0.2) is 0 Å². The van der Waals surface area contributed by atoms with Gasteiger partial charge in [0.25, 0.3) is 0 Å². The molecule has 7 heteroatoms. The number of nitrogens with one attached hydrogen (secondary N) is 1. The second kappa shape index (κ2) is 12.2. The zero-order valence-electron chi connectivity index (χ0n) is 20.5. The van der Waals surface area contributed by atoms with Crippen molar-refractivity contribution in [2.45, 2.75) is 0 Å². The summed E-state index contributed by atoms with van der Waals surface area (Å²) in [5.74, 6) is 2.59. The van der Waals surface area contributed by atoms with E-state index in [4.69, 9.17) is 23.7 Å². The summed E-state index contributed by atoms with van der Waals surface area (Å²) in [6.45, 7) is 0. The first-order valence-corrected chi connectivity index (χ1v) is 10.8. The topological polar surface area (TPSA) is 75.3 Å². The molecule has 35 heavy (non-hydrogen) atoms. The van der Waals surface area contributed by atoms with Crippen molar-refractivity contribution in [2.75, 3.05) is 40.9 Å². The maximum atomic E-state index is 12.7. The molecule has 3 aromatic rings. The quantitative estimate of drug-likeness (QED) is 0.306. The lowest BCUT2D eigenvalue weighted by molar-refractivity contribution is -0.111. The Morgan fingerprint density at radius 2 is 1.37 bits per heavy atom. The summed E-state index contributed by atoms with van der Waals surface area (Å²) < 4.78 is 27.0. The van der Waals surface area contributed by atoms with Gasteiger partial charge < -0.3 is 29.0 Å². The molecular weight excluding hydrogens is 446 g/mol. The summed E-state index contributed by atoms with van der Waals surface area (Å²) in [5.41, 5.74) is 3.00. The number of rotatable bonds is 10. The van der Waals surface area contributed by atoms with E-state index in [0.29, 0.717) is 28.7 Å². The number of carbonyl (C=O) groups excluding carboxylic acids is 1. The van der Waals surface area contributed by atoms with Crippen molar-refractivity contribution in [3.05, 3.63) is 77.4 Å². The van der Waals surface area contributed by atoms with Crippen LogP contribution in [-0.2, 0) is 4.79 Å². The third kappa shape index (κ3) is 6.35.